The van der Waals surface area contributed by atoms with Crippen molar-refractivity contribution in [2.45, 2.75) is 25.3 Å². The summed E-state index contributed by atoms with van der Waals surface area (Å²) in [6.07, 6.45) is 0.784. The van der Waals surface area contributed by atoms with Gasteiger partial charge in [0.1, 0.15) is 5.75 Å². The molecule has 0 aromatic heterocycles. The number of ether oxygens (including phenoxy) is 1. The Labute approximate surface area is 113 Å². The maximum absolute atomic E-state index is 12.8. The highest BCUT2D eigenvalue weighted by Gasteiger charge is 2.33. The van der Waals surface area contributed by atoms with Gasteiger partial charge in [0, 0.05) is 31.2 Å². The molecule has 0 aliphatic carbocycles. The van der Waals surface area contributed by atoms with Crippen molar-refractivity contribution in [2.24, 2.45) is 0 Å². The van der Waals surface area contributed by atoms with Crippen LogP contribution >= 0.6 is 0 Å². The molecule has 4 heteroatoms. The summed E-state index contributed by atoms with van der Waals surface area (Å²) in [5.74, 6) is 1.09. The summed E-state index contributed by atoms with van der Waals surface area (Å²) in [6.45, 7) is 5.32. The molecule has 1 saturated heterocycles. The van der Waals surface area contributed by atoms with Gasteiger partial charge >= 0.3 is 0 Å². The first-order chi connectivity index (χ1) is 9.27. The fraction of sp³-hybridized carbons (Fsp3) is 0.533. The van der Waals surface area contributed by atoms with Gasteiger partial charge in [0.25, 0.3) is 0 Å². The largest absolute Gasteiger partial charge is 0.493 e. The predicted octanol–water partition coefficient (Wildman–Crippen LogP) is 1.37. The molecule has 4 nitrogen and oxygen atoms in total. The number of benzene rings is 1. The number of carbonyl (C=O) groups excluding carboxylic acids is 1. The molecule has 102 valence electrons. The first-order valence-corrected chi connectivity index (χ1v) is 7.00. The number of hydrogen-bond acceptors (Lipinski definition) is 3. The third kappa shape index (κ3) is 2.32. The standard InChI is InChI=1S/C15H20N2O2/c1-11-10-16-7-8-17(11)15(18)13-6-9-19-14-5-3-2-4-12(13)14/h2-5,11,13,16H,6-10H2,1H3/t11-,13-/m0/s1. The van der Waals surface area contributed by atoms with Crippen LogP contribution in [0.15, 0.2) is 24.3 Å². The van der Waals surface area contributed by atoms with Crippen molar-refractivity contribution in [1.82, 2.24) is 10.2 Å². The minimum absolute atomic E-state index is 0.0366. The number of nitrogens with one attached hydrogen (secondary N) is 1. The normalized spacial score (nSPS) is 26.5. The molecule has 19 heavy (non-hydrogen) atoms. The van der Waals surface area contributed by atoms with Crippen molar-refractivity contribution in [3.05, 3.63) is 29.8 Å². The minimum Gasteiger partial charge on any atom is -0.493 e. The number of para-hydroxylation sites is 1. The molecule has 0 saturated carbocycles. The minimum atomic E-state index is -0.0366. The summed E-state index contributed by atoms with van der Waals surface area (Å²) in [7, 11) is 0. The summed E-state index contributed by atoms with van der Waals surface area (Å²) in [5, 5.41) is 3.32. The molecule has 0 radical (unpaired) electrons. The lowest BCUT2D eigenvalue weighted by Gasteiger charge is -2.37. The van der Waals surface area contributed by atoms with Gasteiger partial charge in [-0.05, 0) is 19.4 Å². The average molecular weight is 260 g/mol. The number of amides is 1. The topological polar surface area (TPSA) is 41.6 Å². The fourth-order valence-corrected chi connectivity index (χ4v) is 2.97. The van der Waals surface area contributed by atoms with Gasteiger partial charge in [-0.15, -0.1) is 0 Å². The summed E-state index contributed by atoms with van der Waals surface area (Å²) in [6, 6.07) is 8.19. The van der Waals surface area contributed by atoms with Crippen molar-refractivity contribution in [3.63, 3.8) is 0 Å². The second-order valence-corrected chi connectivity index (χ2v) is 5.31. The first-order valence-electron chi connectivity index (χ1n) is 7.00. The van der Waals surface area contributed by atoms with Gasteiger partial charge in [0.05, 0.1) is 12.5 Å². The molecule has 0 unspecified atom stereocenters. The number of fused-ring (bicyclic) bond motifs is 1. The van der Waals surface area contributed by atoms with Gasteiger partial charge in [-0.1, -0.05) is 18.2 Å². The molecule has 1 aromatic rings. The molecular weight excluding hydrogens is 240 g/mol. The van der Waals surface area contributed by atoms with E-state index in [0.29, 0.717) is 6.61 Å². The second-order valence-electron chi connectivity index (χ2n) is 5.31. The zero-order chi connectivity index (χ0) is 13.2. The van der Waals surface area contributed by atoms with E-state index in [2.05, 4.69) is 12.2 Å². The maximum atomic E-state index is 12.8. The van der Waals surface area contributed by atoms with Crippen LogP contribution in [0.1, 0.15) is 24.8 Å². The van der Waals surface area contributed by atoms with E-state index in [1.54, 1.807) is 0 Å². The Kier molecular flexibility index (Phi) is 3.42. The third-order valence-corrected chi connectivity index (χ3v) is 4.04. The third-order valence-electron chi connectivity index (χ3n) is 4.04. The zero-order valence-corrected chi connectivity index (χ0v) is 11.3. The number of carbonyl (C=O) groups is 1. The van der Waals surface area contributed by atoms with Gasteiger partial charge in [0.15, 0.2) is 0 Å². The van der Waals surface area contributed by atoms with Gasteiger partial charge < -0.3 is 15.0 Å². The smallest absolute Gasteiger partial charge is 0.230 e. The van der Waals surface area contributed by atoms with Gasteiger partial charge in [-0.25, -0.2) is 0 Å². The Morgan fingerprint density at radius 2 is 2.26 bits per heavy atom. The Balaban J connectivity index is 1.84. The van der Waals surface area contributed by atoms with Crippen LogP contribution < -0.4 is 10.1 Å². The van der Waals surface area contributed by atoms with Crippen LogP contribution in [0.4, 0.5) is 0 Å². The van der Waals surface area contributed by atoms with Crippen LogP contribution in [0.5, 0.6) is 5.75 Å². The molecule has 0 bridgehead atoms. The van der Waals surface area contributed by atoms with Crippen molar-refractivity contribution in [1.29, 1.82) is 0 Å². The SMILES string of the molecule is C[C@H]1CNCCN1C(=O)[C@H]1CCOc2ccccc21. The fourth-order valence-electron chi connectivity index (χ4n) is 2.97. The lowest BCUT2D eigenvalue weighted by molar-refractivity contribution is -0.136. The van der Waals surface area contributed by atoms with Crippen LogP contribution in [-0.2, 0) is 4.79 Å². The molecule has 1 N–H and O–H groups in total. The van der Waals surface area contributed by atoms with E-state index in [1.165, 1.54) is 0 Å². The van der Waals surface area contributed by atoms with Crippen LogP contribution in [0.2, 0.25) is 0 Å². The lowest BCUT2D eigenvalue weighted by atomic mass is 9.91. The first kappa shape index (κ1) is 12.5. The molecule has 3 rings (SSSR count). The van der Waals surface area contributed by atoms with Gasteiger partial charge in [0.2, 0.25) is 5.91 Å². The van der Waals surface area contributed by atoms with E-state index in [4.69, 9.17) is 4.74 Å². The van der Waals surface area contributed by atoms with E-state index in [9.17, 15) is 4.79 Å². The number of nitrogens with zero attached hydrogens (tertiary/aromatic N) is 1. The average Bonchev–Trinajstić information content (AvgIpc) is 2.46. The zero-order valence-electron chi connectivity index (χ0n) is 11.3. The molecule has 1 aromatic carbocycles. The Hall–Kier alpha value is -1.55. The summed E-state index contributed by atoms with van der Waals surface area (Å²) < 4.78 is 5.63. The monoisotopic (exact) mass is 260 g/mol. The molecule has 2 atom stereocenters. The highest BCUT2D eigenvalue weighted by atomic mass is 16.5. The van der Waals surface area contributed by atoms with Crippen molar-refractivity contribution in [3.8, 4) is 5.75 Å². The second kappa shape index (κ2) is 5.21. The predicted molar refractivity (Wildman–Crippen MR) is 73.3 cm³/mol. The van der Waals surface area contributed by atoms with Crippen LogP contribution in [0, 0.1) is 0 Å². The molecule has 2 aliphatic heterocycles. The molecular formula is C15H20N2O2. The molecule has 2 heterocycles. The lowest BCUT2D eigenvalue weighted by Crippen LogP contribution is -2.53. The van der Waals surface area contributed by atoms with Crippen molar-refractivity contribution >= 4 is 5.91 Å². The maximum Gasteiger partial charge on any atom is 0.230 e. The van der Waals surface area contributed by atoms with Crippen LogP contribution in [0.3, 0.4) is 0 Å². The van der Waals surface area contributed by atoms with Crippen LogP contribution in [-0.4, -0.2) is 43.1 Å². The van der Waals surface area contributed by atoms with E-state index in [0.717, 1.165) is 37.4 Å². The highest BCUT2D eigenvalue weighted by Crippen LogP contribution is 2.34. The Morgan fingerprint density at radius 1 is 1.42 bits per heavy atom. The molecule has 1 amide bonds. The van der Waals surface area contributed by atoms with E-state index < -0.39 is 0 Å². The van der Waals surface area contributed by atoms with E-state index in [-0.39, 0.29) is 17.9 Å². The number of hydrogen-bond donors (Lipinski definition) is 1. The Morgan fingerprint density at radius 3 is 3.11 bits per heavy atom. The summed E-state index contributed by atoms with van der Waals surface area (Å²) in [4.78, 5) is 14.8. The quantitative estimate of drug-likeness (QED) is 0.829. The number of piperazine rings is 1. The highest BCUT2D eigenvalue weighted by molar-refractivity contribution is 5.85. The van der Waals surface area contributed by atoms with E-state index in [1.807, 2.05) is 29.2 Å². The molecule has 0 spiro atoms. The van der Waals surface area contributed by atoms with Gasteiger partial charge in [-0.3, -0.25) is 4.79 Å². The van der Waals surface area contributed by atoms with E-state index >= 15 is 0 Å². The molecule has 2 aliphatic rings. The van der Waals surface area contributed by atoms with Crippen molar-refractivity contribution < 1.29 is 9.53 Å². The van der Waals surface area contributed by atoms with Crippen LogP contribution in [0.25, 0.3) is 0 Å². The Bertz CT molecular complexity index is 475. The number of rotatable bonds is 1. The molecule has 1 fully saturated rings. The summed E-state index contributed by atoms with van der Waals surface area (Å²) >= 11 is 0. The van der Waals surface area contributed by atoms with Gasteiger partial charge in [-0.2, -0.15) is 0 Å². The summed E-state index contributed by atoms with van der Waals surface area (Å²) in [5.41, 5.74) is 1.05. The van der Waals surface area contributed by atoms with Crippen molar-refractivity contribution in [2.75, 3.05) is 26.2 Å².